The van der Waals surface area contributed by atoms with Gasteiger partial charge in [0.25, 0.3) is 0 Å². The smallest absolute Gasteiger partial charge is 0.125 e. The van der Waals surface area contributed by atoms with Gasteiger partial charge in [0.1, 0.15) is 10.6 Å². The summed E-state index contributed by atoms with van der Waals surface area (Å²) in [5.74, 6) is 0.678. The molecule has 1 unspecified atom stereocenters. The van der Waals surface area contributed by atoms with Crippen LogP contribution in [0.2, 0.25) is 0 Å². The van der Waals surface area contributed by atoms with E-state index >= 15 is 0 Å². The van der Waals surface area contributed by atoms with Gasteiger partial charge in [0, 0.05) is 18.0 Å². The highest BCUT2D eigenvalue weighted by Crippen LogP contribution is 2.34. The fourth-order valence-electron chi connectivity index (χ4n) is 2.13. The quantitative estimate of drug-likeness (QED) is 0.745. The van der Waals surface area contributed by atoms with Crippen molar-refractivity contribution in [2.75, 3.05) is 13.2 Å². The molecule has 1 heterocycles. The molecule has 116 valence electrons. The van der Waals surface area contributed by atoms with Crippen LogP contribution in [0.1, 0.15) is 63.5 Å². The average Bonchev–Trinajstić information content (AvgIpc) is 2.82. The van der Waals surface area contributed by atoms with E-state index in [0.29, 0.717) is 5.92 Å². The monoisotopic (exact) mass is 298 g/mol. The largest absolute Gasteiger partial charge is 0.368 e. The molecule has 0 aromatic carbocycles. The Kier molecular flexibility index (Phi) is 7.13. The summed E-state index contributed by atoms with van der Waals surface area (Å²) in [6, 6.07) is 0. The molecule has 0 aliphatic carbocycles. The van der Waals surface area contributed by atoms with Crippen LogP contribution in [0.25, 0.3) is 0 Å². The first-order chi connectivity index (χ1) is 9.46. The van der Waals surface area contributed by atoms with Gasteiger partial charge in [-0.1, -0.05) is 27.7 Å². The molecule has 1 N–H and O–H groups in total. The normalized spacial score (nSPS) is 14.8. The molecule has 1 rings (SSSR count). The summed E-state index contributed by atoms with van der Waals surface area (Å²) in [6.45, 7) is 15.7. The predicted octanol–water partition coefficient (Wildman–Crippen LogP) is 4.11. The van der Waals surface area contributed by atoms with Crippen molar-refractivity contribution in [2.45, 2.75) is 66.5 Å². The molecule has 0 aliphatic heterocycles. The second kappa shape index (κ2) is 8.11. The van der Waals surface area contributed by atoms with Crippen molar-refractivity contribution in [1.29, 1.82) is 0 Å². The first kappa shape index (κ1) is 17.6. The summed E-state index contributed by atoms with van der Waals surface area (Å²) in [4.78, 5) is 6.20. The van der Waals surface area contributed by atoms with E-state index in [9.17, 15) is 0 Å². The number of nitrogens with one attached hydrogen (secondary N) is 1. The first-order valence-electron chi connectivity index (χ1n) is 7.80. The van der Waals surface area contributed by atoms with E-state index in [1.807, 2.05) is 18.3 Å². The lowest BCUT2D eigenvalue weighted by atomic mass is 10.0. The lowest BCUT2D eigenvalue weighted by Crippen LogP contribution is -2.24. The van der Waals surface area contributed by atoms with Crippen LogP contribution in [0, 0.1) is 5.92 Å². The minimum absolute atomic E-state index is 0.236. The first-order valence-corrected chi connectivity index (χ1v) is 8.62. The molecule has 1 atom stereocenters. The number of thiazole rings is 1. The molecule has 0 fully saturated rings. The Bertz CT molecular complexity index is 403. The van der Waals surface area contributed by atoms with E-state index in [-0.39, 0.29) is 5.60 Å². The summed E-state index contributed by atoms with van der Waals surface area (Å²) in [5.41, 5.74) is 0.986. The van der Waals surface area contributed by atoms with Gasteiger partial charge in [-0.3, -0.25) is 0 Å². The lowest BCUT2D eigenvalue weighted by molar-refractivity contribution is -0.0325. The maximum atomic E-state index is 5.95. The van der Waals surface area contributed by atoms with Gasteiger partial charge < -0.3 is 10.1 Å². The van der Waals surface area contributed by atoms with Crippen LogP contribution in [-0.2, 0) is 23.3 Å². The summed E-state index contributed by atoms with van der Waals surface area (Å²) in [5, 5.41) is 4.65. The van der Waals surface area contributed by atoms with E-state index in [1.165, 1.54) is 10.6 Å². The Morgan fingerprint density at radius 3 is 2.50 bits per heavy atom. The molecule has 0 aliphatic rings. The standard InChI is InChI=1S/C16H30N2OS/c1-7-13-14(11-17-10-12(4)5)20-15(18-13)16(6,8-2)19-9-3/h12,17H,7-11H2,1-6H3. The molecule has 0 spiro atoms. The Balaban J connectivity index is 2.87. The van der Waals surface area contributed by atoms with E-state index < -0.39 is 0 Å². The third-order valence-electron chi connectivity index (χ3n) is 3.54. The zero-order chi connectivity index (χ0) is 15.2. The summed E-state index contributed by atoms with van der Waals surface area (Å²) in [6.07, 6.45) is 1.94. The maximum Gasteiger partial charge on any atom is 0.125 e. The Hall–Kier alpha value is -0.450. The molecule has 0 amide bonds. The zero-order valence-corrected chi connectivity index (χ0v) is 14.7. The van der Waals surface area contributed by atoms with Gasteiger partial charge >= 0.3 is 0 Å². The van der Waals surface area contributed by atoms with Crippen molar-refractivity contribution in [3.05, 3.63) is 15.6 Å². The second-order valence-corrected chi connectivity index (χ2v) is 6.87. The lowest BCUT2D eigenvalue weighted by Gasteiger charge is -2.25. The number of hydrogen-bond donors (Lipinski definition) is 1. The average molecular weight is 298 g/mol. The minimum atomic E-state index is -0.236. The van der Waals surface area contributed by atoms with Gasteiger partial charge in [0.2, 0.25) is 0 Å². The molecule has 1 aromatic rings. The topological polar surface area (TPSA) is 34.1 Å². The zero-order valence-electron chi connectivity index (χ0n) is 13.9. The van der Waals surface area contributed by atoms with Crippen LogP contribution in [-0.4, -0.2) is 18.1 Å². The van der Waals surface area contributed by atoms with Gasteiger partial charge in [-0.2, -0.15) is 0 Å². The highest BCUT2D eigenvalue weighted by atomic mass is 32.1. The van der Waals surface area contributed by atoms with Crippen LogP contribution >= 0.6 is 11.3 Å². The molecular weight excluding hydrogens is 268 g/mol. The van der Waals surface area contributed by atoms with Crippen molar-refractivity contribution in [2.24, 2.45) is 5.92 Å². The molecule has 0 bridgehead atoms. The summed E-state index contributed by atoms with van der Waals surface area (Å²) in [7, 11) is 0. The van der Waals surface area contributed by atoms with Crippen molar-refractivity contribution in [1.82, 2.24) is 10.3 Å². The molecule has 1 aromatic heterocycles. The summed E-state index contributed by atoms with van der Waals surface area (Å²) >= 11 is 1.81. The molecule has 4 heteroatoms. The number of ether oxygens (including phenoxy) is 1. The third kappa shape index (κ3) is 4.54. The minimum Gasteiger partial charge on any atom is -0.368 e. The number of nitrogens with zero attached hydrogens (tertiary/aromatic N) is 1. The number of aromatic nitrogens is 1. The van der Waals surface area contributed by atoms with E-state index in [0.717, 1.165) is 37.5 Å². The van der Waals surface area contributed by atoms with Crippen LogP contribution < -0.4 is 5.32 Å². The number of rotatable bonds is 9. The van der Waals surface area contributed by atoms with Gasteiger partial charge in [-0.05, 0) is 39.2 Å². The summed E-state index contributed by atoms with van der Waals surface area (Å²) < 4.78 is 5.95. The molecule has 0 saturated carbocycles. The fraction of sp³-hybridized carbons (Fsp3) is 0.812. The van der Waals surface area contributed by atoms with Crippen molar-refractivity contribution < 1.29 is 4.74 Å². The molecule has 3 nitrogen and oxygen atoms in total. The van der Waals surface area contributed by atoms with E-state index in [1.54, 1.807) is 0 Å². The number of aryl methyl sites for hydroxylation is 1. The van der Waals surface area contributed by atoms with Gasteiger partial charge in [0.05, 0.1) is 5.69 Å². The van der Waals surface area contributed by atoms with Crippen LogP contribution in [0.4, 0.5) is 0 Å². The van der Waals surface area contributed by atoms with E-state index in [4.69, 9.17) is 9.72 Å². The molecule has 0 saturated heterocycles. The van der Waals surface area contributed by atoms with Crippen molar-refractivity contribution >= 4 is 11.3 Å². The SMILES string of the molecule is CCOC(C)(CC)c1nc(CC)c(CNCC(C)C)s1. The van der Waals surface area contributed by atoms with Gasteiger partial charge in [0.15, 0.2) is 0 Å². The van der Waals surface area contributed by atoms with Gasteiger partial charge in [-0.25, -0.2) is 4.98 Å². The molecule has 20 heavy (non-hydrogen) atoms. The Morgan fingerprint density at radius 2 is 2.00 bits per heavy atom. The van der Waals surface area contributed by atoms with E-state index in [2.05, 4.69) is 39.9 Å². The highest BCUT2D eigenvalue weighted by molar-refractivity contribution is 7.11. The third-order valence-corrected chi connectivity index (χ3v) is 4.88. The Labute approximate surface area is 128 Å². The molecular formula is C16H30N2OS. The van der Waals surface area contributed by atoms with Gasteiger partial charge in [-0.15, -0.1) is 11.3 Å². The van der Waals surface area contributed by atoms with Crippen molar-refractivity contribution in [3.63, 3.8) is 0 Å². The van der Waals surface area contributed by atoms with Crippen molar-refractivity contribution in [3.8, 4) is 0 Å². The van der Waals surface area contributed by atoms with Crippen LogP contribution in [0.3, 0.4) is 0 Å². The Morgan fingerprint density at radius 1 is 1.30 bits per heavy atom. The predicted molar refractivity (Wildman–Crippen MR) is 87.3 cm³/mol. The fourth-order valence-corrected chi connectivity index (χ4v) is 3.42. The number of hydrogen-bond acceptors (Lipinski definition) is 4. The highest BCUT2D eigenvalue weighted by Gasteiger charge is 2.29. The maximum absolute atomic E-state index is 5.95. The second-order valence-electron chi connectivity index (χ2n) is 5.78. The molecule has 0 radical (unpaired) electrons. The van der Waals surface area contributed by atoms with Crippen LogP contribution in [0.5, 0.6) is 0 Å². The van der Waals surface area contributed by atoms with Crippen LogP contribution in [0.15, 0.2) is 0 Å².